The molecule has 1 amide bonds. The molecule has 7 heteroatoms. The maximum absolute atomic E-state index is 13.6. The largest absolute Gasteiger partial charge is 0.460 e. The van der Waals surface area contributed by atoms with Crippen molar-refractivity contribution in [1.82, 2.24) is 4.90 Å². The Bertz CT molecular complexity index is 1120. The summed E-state index contributed by atoms with van der Waals surface area (Å²) in [6.07, 6.45) is 1.21. The molecule has 5 aliphatic rings. The first kappa shape index (κ1) is 17.6. The van der Waals surface area contributed by atoms with Crippen LogP contribution in [0.4, 0.5) is 0 Å². The fourth-order valence-electron chi connectivity index (χ4n) is 6.24. The predicted molar refractivity (Wildman–Crippen MR) is 107 cm³/mol. The monoisotopic (exact) mass is 419 g/mol. The van der Waals surface area contributed by atoms with Gasteiger partial charge < -0.3 is 23.8 Å². The minimum atomic E-state index is -0.813. The summed E-state index contributed by atoms with van der Waals surface area (Å²) in [6, 6.07) is 13.1. The lowest BCUT2D eigenvalue weighted by Gasteiger charge is -2.46. The number of carbonyl (C=O) groups is 2. The number of carbonyl (C=O) groups excluding carboxylic acids is 2. The zero-order chi connectivity index (χ0) is 20.7. The van der Waals surface area contributed by atoms with Gasteiger partial charge in [0.05, 0.1) is 12.1 Å². The molecule has 2 saturated heterocycles. The first-order chi connectivity index (χ1) is 15.2. The van der Waals surface area contributed by atoms with Gasteiger partial charge in [0.1, 0.15) is 18.1 Å². The van der Waals surface area contributed by atoms with E-state index in [-0.39, 0.29) is 49.4 Å². The van der Waals surface area contributed by atoms with Gasteiger partial charge in [0, 0.05) is 18.0 Å². The molecule has 0 unspecified atom stereocenters. The molecule has 1 aliphatic carbocycles. The van der Waals surface area contributed by atoms with E-state index in [0.29, 0.717) is 30.0 Å². The highest BCUT2D eigenvalue weighted by molar-refractivity contribution is 6.00. The summed E-state index contributed by atoms with van der Waals surface area (Å²) in [6.45, 7) is 0.911. The molecular weight excluding hydrogens is 398 g/mol. The molecule has 0 bridgehead atoms. The topological polar surface area (TPSA) is 77.6 Å². The van der Waals surface area contributed by atoms with E-state index in [1.54, 1.807) is 6.07 Å². The molecule has 4 aliphatic heterocycles. The molecule has 0 aromatic heterocycles. The van der Waals surface area contributed by atoms with Gasteiger partial charge in [-0.1, -0.05) is 30.3 Å². The number of nitrogens with zero attached hydrogens (tertiary/aromatic N) is 1. The molecule has 0 radical (unpaired) electrons. The van der Waals surface area contributed by atoms with Gasteiger partial charge in [0.15, 0.2) is 11.5 Å². The number of benzene rings is 2. The zero-order valence-corrected chi connectivity index (χ0v) is 16.8. The van der Waals surface area contributed by atoms with Crippen molar-refractivity contribution in [3.8, 4) is 11.5 Å². The summed E-state index contributed by atoms with van der Waals surface area (Å²) in [5, 5.41) is 0. The molecule has 4 heterocycles. The fourth-order valence-corrected chi connectivity index (χ4v) is 6.24. The number of hydrogen-bond donors (Lipinski definition) is 0. The Kier molecular flexibility index (Phi) is 3.41. The highest BCUT2D eigenvalue weighted by Gasteiger charge is 2.73. The molecule has 0 N–H and O–H groups in total. The van der Waals surface area contributed by atoms with Crippen LogP contribution in [0.2, 0.25) is 0 Å². The van der Waals surface area contributed by atoms with E-state index >= 15 is 0 Å². The number of amides is 1. The third kappa shape index (κ3) is 2.27. The van der Waals surface area contributed by atoms with Crippen molar-refractivity contribution in [2.24, 2.45) is 5.41 Å². The van der Waals surface area contributed by atoms with Crippen LogP contribution in [-0.4, -0.2) is 48.4 Å². The number of epoxide rings is 1. The van der Waals surface area contributed by atoms with Crippen LogP contribution >= 0.6 is 0 Å². The molecule has 7 nitrogen and oxygen atoms in total. The van der Waals surface area contributed by atoms with Crippen molar-refractivity contribution in [1.29, 1.82) is 0 Å². The maximum Gasteiger partial charge on any atom is 0.317 e. The second-order valence-corrected chi connectivity index (χ2v) is 9.03. The van der Waals surface area contributed by atoms with E-state index in [2.05, 4.69) is 0 Å². The molecule has 2 aromatic rings. The van der Waals surface area contributed by atoms with E-state index in [1.807, 2.05) is 41.3 Å². The number of fused-ring (bicyclic) bond motifs is 5. The molecule has 5 atom stereocenters. The Morgan fingerprint density at radius 1 is 1.16 bits per heavy atom. The quantitative estimate of drug-likeness (QED) is 0.562. The van der Waals surface area contributed by atoms with E-state index in [9.17, 15) is 9.59 Å². The Morgan fingerprint density at radius 2 is 1.97 bits per heavy atom. The van der Waals surface area contributed by atoms with Crippen molar-refractivity contribution in [3.63, 3.8) is 0 Å². The van der Waals surface area contributed by atoms with Gasteiger partial charge in [-0.05, 0) is 36.1 Å². The van der Waals surface area contributed by atoms with Crippen LogP contribution in [-0.2, 0) is 20.9 Å². The first-order valence-corrected chi connectivity index (χ1v) is 10.8. The van der Waals surface area contributed by atoms with Gasteiger partial charge in [-0.2, -0.15) is 0 Å². The number of esters is 1. The summed E-state index contributed by atoms with van der Waals surface area (Å²) in [5.74, 6) is 0.978. The normalized spacial score (nSPS) is 33.4. The van der Waals surface area contributed by atoms with Crippen molar-refractivity contribution < 1.29 is 28.5 Å². The van der Waals surface area contributed by atoms with Gasteiger partial charge in [-0.25, -0.2) is 0 Å². The van der Waals surface area contributed by atoms with Crippen LogP contribution in [0.5, 0.6) is 11.5 Å². The van der Waals surface area contributed by atoms with Gasteiger partial charge in [0.25, 0.3) is 5.91 Å². The van der Waals surface area contributed by atoms with E-state index in [4.69, 9.17) is 18.9 Å². The summed E-state index contributed by atoms with van der Waals surface area (Å²) < 4.78 is 22.9. The zero-order valence-electron chi connectivity index (χ0n) is 16.8. The summed E-state index contributed by atoms with van der Waals surface area (Å²) in [7, 11) is 0. The molecule has 0 spiro atoms. The lowest BCUT2D eigenvalue weighted by Crippen LogP contribution is -2.58. The molecule has 7 rings (SSSR count). The van der Waals surface area contributed by atoms with Gasteiger partial charge >= 0.3 is 5.97 Å². The van der Waals surface area contributed by atoms with E-state index in [1.165, 1.54) is 0 Å². The average molecular weight is 419 g/mol. The van der Waals surface area contributed by atoms with Gasteiger partial charge in [-0.15, -0.1) is 0 Å². The van der Waals surface area contributed by atoms with Crippen molar-refractivity contribution in [2.45, 2.75) is 43.6 Å². The highest BCUT2D eigenvalue weighted by Crippen LogP contribution is 2.63. The van der Waals surface area contributed by atoms with Crippen LogP contribution in [0.25, 0.3) is 0 Å². The van der Waals surface area contributed by atoms with Crippen LogP contribution in [0.1, 0.15) is 40.2 Å². The van der Waals surface area contributed by atoms with Crippen LogP contribution < -0.4 is 9.47 Å². The van der Waals surface area contributed by atoms with Crippen LogP contribution in [0.3, 0.4) is 0 Å². The second-order valence-electron chi connectivity index (χ2n) is 9.03. The number of rotatable bonds is 3. The lowest BCUT2D eigenvalue weighted by atomic mass is 9.62. The Labute approximate surface area is 178 Å². The highest BCUT2D eigenvalue weighted by atomic mass is 16.7. The minimum absolute atomic E-state index is 0.0118. The van der Waals surface area contributed by atoms with E-state index < -0.39 is 5.41 Å². The predicted octanol–water partition coefficient (Wildman–Crippen LogP) is 2.63. The third-order valence-corrected chi connectivity index (χ3v) is 7.62. The van der Waals surface area contributed by atoms with Crippen LogP contribution in [0.15, 0.2) is 42.5 Å². The standard InChI is InChI=1S/C24H21NO6/c26-22-16-10-18-17(29-12-30-18)8-14(16)15-9-19-21(31-19)24(6-7-25(22)20(15)24)23(27)28-11-13-4-2-1-3-5-13/h1-5,8,10,15,19-21H,6-7,9,11-12H2/t15-,19-,20+,21-,24-/m1/s1. The summed E-state index contributed by atoms with van der Waals surface area (Å²) >= 11 is 0. The Hall–Kier alpha value is -3.06. The number of hydrogen-bond acceptors (Lipinski definition) is 6. The molecule has 2 aromatic carbocycles. The maximum atomic E-state index is 13.6. The van der Waals surface area contributed by atoms with Crippen molar-refractivity contribution in [3.05, 3.63) is 59.2 Å². The lowest BCUT2D eigenvalue weighted by molar-refractivity contribution is -0.161. The molecule has 158 valence electrons. The van der Waals surface area contributed by atoms with Crippen molar-refractivity contribution >= 4 is 11.9 Å². The fraction of sp³-hybridized carbons (Fsp3) is 0.417. The summed E-state index contributed by atoms with van der Waals surface area (Å²) in [4.78, 5) is 28.9. The SMILES string of the molecule is O=C1c2cc3c(cc2[C@H]2C[C@H]4O[C@H]4[C@@]4(C(=O)OCc5ccccc5)CCN1[C@@H]24)OCO3. The first-order valence-electron chi connectivity index (χ1n) is 10.8. The van der Waals surface area contributed by atoms with Gasteiger partial charge in [0.2, 0.25) is 6.79 Å². The number of ether oxygens (including phenoxy) is 4. The minimum Gasteiger partial charge on any atom is -0.460 e. The Balaban J connectivity index is 1.28. The third-order valence-electron chi connectivity index (χ3n) is 7.62. The smallest absolute Gasteiger partial charge is 0.317 e. The molecule has 1 saturated carbocycles. The van der Waals surface area contributed by atoms with E-state index in [0.717, 1.165) is 17.5 Å². The average Bonchev–Trinajstić information content (AvgIpc) is 3.25. The summed E-state index contributed by atoms with van der Waals surface area (Å²) in [5.41, 5.74) is 1.72. The molecular formula is C24H21NO6. The van der Waals surface area contributed by atoms with Crippen molar-refractivity contribution in [2.75, 3.05) is 13.3 Å². The van der Waals surface area contributed by atoms with Crippen LogP contribution in [0, 0.1) is 5.41 Å². The Morgan fingerprint density at radius 3 is 2.81 bits per heavy atom. The molecule has 31 heavy (non-hydrogen) atoms. The van der Waals surface area contributed by atoms with Gasteiger partial charge in [-0.3, -0.25) is 9.59 Å². The molecule has 3 fully saturated rings. The second kappa shape index (κ2) is 6.01.